The molecule has 3 aromatic rings. The maximum atomic E-state index is 11.1. The Morgan fingerprint density at radius 1 is 1.03 bits per heavy atom. The summed E-state index contributed by atoms with van der Waals surface area (Å²) in [5.74, 6) is 1.20. The molecule has 2 aliphatic rings. The summed E-state index contributed by atoms with van der Waals surface area (Å²) in [5, 5.41) is 19.0. The molecule has 0 spiro atoms. The van der Waals surface area contributed by atoms with E-state index in [9.17, 15) is 9.90 Å². The zero-order valence-corrected chi connectivity index (χ0v) is 21.1. The number of hydrogen-bond acceptors (Lipinski definition) is 6. The number of hydrogen-bond donors (Lipinski definition) is 2. The molecule has 7 nitrogen and oxygen atoms in total. The predicted molar refractivity (Wildman–Crippen MR) is 138 cm³/mol. The van der Waals surface area contributed by atoms with Crippen LogP contribution in [-0.4, -0.2) is 48.2 Å². The van der Waals surface area contributed by atoms with E-state index in [0.29, 0.717) is 44.3 Å². The Morgan fingerprint density at radius 3 is 2.57 bits per heavy atom. The normalized spacial score (nSPS) is 20.4. The van der Waals surface area contributed by atoms with Crippen LogP contribution in [0.3, 0.4) is 0 Å². The van der Waals surface area contributed by atoms with Crippen LogP contribution < -0.4 is 14.2 Å². The topological polar surface area (TPSA) is 94.5 Å². The van der Waals surface area contributed by atoms with Crippen LogP contribution in [0.4, 0.5) is 0 Å². The number of carboxylic acid groups (broad SMARTS) is 1. The Kier molecular flexibility index (Phi) is 7.35. The van der Waals surface area contributed by atoms with Gasteiger partial charge in [-0.1, -0.05) is 24.3 Å². The van der Waals surface area contributed by atoms with Gasteiger partial charge in [-0.05, 0) is 72.4 Å². The number of benzene rings is 3. The zero-order valence-electron chi connectivity index (χ0n) is 21.1. The van der Waals surface area contributed by atoms with Gasteiger partial charge in [0.05, 0.1) is 19.1 Å². The molecular formula is C30H32O7. The predicted octanol–water partition coefficient (Wildman–Crippen LogP) is 5.03. The van der Waals surface area contributed by atoms with Crippen molar-refractivity contribution in [2.24, 2.45) is 0 Å². The van der Waals surface area contributed by atoms with Gasteiger partial charge in [-0.15, -0.1) is 0 Å². The summed E-state index contributed by atoms with van der Waals surface area (Å²) in [6, 6.07) is 17.9. The molecule has 0 radical (unpaired) electrons. The quantitative estimate of drug-likeness (QED) is 0.422. The van der Waals surface area contributed by atoms with Crippen LogP contribution in [0.2, 0.25) is 0 Å². The maximum absolute atomic E-state index is 11.1. The van der Waals surface area contributed by atoms with Crippen LogP contribution in [0.1, 0.15) is 41.0 Å². The van der Waals surface area contributed by atoms with E-state index in [0.717, 1.165) is 39.1 Å². The Bertz CT molecular complexity index is 1260. The number of carboxylic acids is 1. The van der Waals surface area contributed by atoms with Crippen molar-refractivity contribution in [3.8, 4) is 28.4 Å². The fourth-order valence-corrected chi connectivity index (χ4v) is 5.15. The number of fused-ring (bicyclic) bond motifs is 1. The van der Waals surface area contributed by atoms with E-state index in [2.05, 4.69) is 26.0 Å². The molecular weight excluding hydrogens is 472 g/mol. The van der Waals surface area contributed by atoms with E-state index in [-0.39, 0.29) is 18.4 Å². The van der Waals surface area contributed by atoms with Crippen molar-refractivity contribution in [2.75, 3.05) is 19.8 Å². The lowest BCUT2D eigenvalue weighted by Gasteiger charge is -2.18. The molecule has 2 N–H and O–H groups in total. The minimum Gasteiger partial charge on any atom is -0.492 e. The van der Waals surface area contributed by atoms with E-state index >= 15 is 0 Å². The van der Waals surface area contributed by atoms with Crippen molar-refractivity contribution in [3.05, 3.63) is 76.9 Å². The van der Waals surface area contributed by atoms with Crippen molar-refractivity contribution in [3.63, 3.8) is 0 Å². The van der Waals surface area contributed by atoms with Gasteiger partial charge in [0, 0.05) is 24.2 Å². The molecule has 1 fully saturated rings. The monoisotopic (exact) mass is 504 g/mol. The average Bonchev–Trinajstić information content (AvgIpc) is 3.46. The summed E-state index contributed by atoms with van der Waals surface area (Å²) in [6.07, 6.45) is -0.0345. The van der Waals surface area contributed by atoms with Gasteiger partial charge in [-0.3, -0.25) is 4.79 Å². The second-order valence-electron chi connectivity index (χ2n) is 9.80. The molecule has 5 rings (SSSR count). The second-order valence-corrected chi connectivity index (χ2v) is 9.80. The van der Waals surface area contributed by atoms with Gasteiger partial charge >= 0.3 is 5.97 Å². The highest BCUT2D eigenvalue weighted by Crippen LogP contribution is 2.38. The minimum absolute atomic E-state index is 0.0595. The fraction of sp³-hybridized carbons (Fsp3) is 0.367. The van der Waals surface area contributed by atoms with E-state index in [4.69, 9.17) is 24.1 Å². The van der Waals surface area contributed by atoms with E-state index in [1.807, 2.05) is 42.5 Å². The number of aliphatic carboxylic acids is 1. The average molecular weight is 505 g/mol. The Balaban J connectivity index is 1.25. The Morgan fingerprint density at radius 2 is 1.84 bits per heavy atom. The number of rotatable bonds is 9. The largest absolute Gasteiger partial charge is 0.492 e. The molecule has 2 aliphatic heterocycles. The lowest BCUT2D eigenvalue weighted by atomic mass is 9.94. The first-order valence-corrected chi connectivity index (χ1v) is 12.6. The molecule has 0 bridgehead atoms. The van der Waals surface area contributed by atoms with E-state index < -0.39 is 12.1 Å². The van der Waals surface area contributed by atoms with Crippen LogP contribution in [0, 0.1) is 13.8 Å². The molecule has 7 heteroatoms. The maximum Gasteiger partial charge on any atom is 0.304 e. The first kappa shape index (κ1) is 25.1. The lowest BCUT2D eigenvalue weighted by Crippen LogP contribution is -2.27. The molecule has 1 saturated heterocycles. The first-order chi connectivity index (χ1) is 17.9. The lowest BCUT2D eigenvalue weighted by molar-refractivity contribution is -0.137. The number of aliphatic hydroxyl groups excluding tert-OH is 1. The molecule has 0 amide bonds. The van der Waals surface area contributed by atoms with Crippen LogP contribution in [0.15, 0.2) is 54.6 Å². The summed E-state index contributed by atoms with van der Waals surface area (Å²) >= 11 is 0. The van der Waals surface area contributed by atoms with E-state index in [1.54, 1.807) is 0 Å². The molecule has 1 unspecified atom stereocenters. The van der Waals surface area contributed by atoms with Crippen molar-refractivity contribution < 1.29 is 34.0 Å². The SMILES string of the molecule is Cc1cc(OC[C@H]2OCC[C@@H]2O)cc(C)c1-c1cccc(COc2ccc3c(c2)OCC3CC(=O)O)c1. The van der Waals surface area contributed by atoms with Crippen molar-refractivity contribution in [1.82, 2.24) is 0 Å². The van der Waals surface area contributed by atoms with Crippen molar-refractivity contribution in [1.29, 1.82) is 0 Å². The molecule has 0 aromatic heterocycles. The van der Waals surface area contributed by atoms with Gasteiger partial charge in [0.1, 0.15) is 36.6 Å². The molecule has 0 saturated carbocycles. The fourth-order valence-electron chi connectivity index (χ4n) is 5.15. The summed E-state index contributed by atoms with van der Waals surface area (Å²) in [6.45, 7) is 5.82. The number of ether oxygens (including phenoxy) is 4. The molecule has 2 heterocycles. The molecule has 194 valence electrons. The standard InChI is InChI=1S/C30H32O7/c1-18-10-24(36-17-28-26(31)8-9-34-28)11-19(2)30(18)21-5-3-4-20(12-21)15-35-23-6-7-25-22(13-29(32)33)16-37-27(25)14-23/h3-7,10-12,14,22,26,28,31H,8-9,13,15-17H2,1-2H3,(H,32,33)/t22?,26-,28+/m0/s1. The van der Waals surface area contributed by atoms with Crippen molar-refractivity contribution in [2.45, 2.75) is 51.4 Å². The molecule has 3 aromatic carbocycles. The number of carbonyl (C=O) groups is 1. The third-order valence-corrected chi connectivity index (χ3v) is 7.00. The minimum atomic E-state index is -0.826. The smallest absolute Gasteiger partial charge is 0.304 e. The van der Waals surface area contributed by atoms with Gasteiger partial charge in [-0.25, -0.2) is 0 Å². The third-order valence-electron chi connectivity index (χ3n) is 7.00. The molecule has 0 aliphatic carbocycles. The third kappa shape index (κ3) is 5.73. The van der Waals surface area contributed by atoms with Gasteiger partial charge in [0.15, 0.2) is 0 Å². The Labute approximate surface area is 216 Å². The zero-order chi connectivity index (χ0) is 25.9. The van der Waals surface area contributed by atoms with Gasteiger partial charge < -0.3 is 29.2 Å². The van der Waals surface area contributed by atoms with Crippen molar-refractivity contribution >= 4 is 5.97 Å². The van der Waals surface area contributed by atoms with Gasteiger partial charge in [0.2, 0.25) is 0 Å². The summed E-state index contributed by atoms with van der Waals surface area (Å²) in [4.78, 5) is 11.1. The first-order valence-electron chi connectivity index (χ1n) is 12.6. The van der Waals surface area contributed by atoms with Crippen LogP contribution >= 0.6 is 0 Å². The van der Waals surface area contributed by atoms with Crippen LogP contribution in [-0.2, 0) is 16.1 Å². The Hall–Kier alpha value is -3.55. The van der Waals surface area contributed by atoms with Crippen LogP contribution in [0.5, 0.6) is 17.2 Å². The summed E-state index contributed by atoms with van der Waals surface area (Å²) < 4.78 is 23.2. The highest BCUT2D eigenvalue weighted by molar-refractivity contribution is 5.72. The van der Waals surface area contributed by atoms with E-state index in [1.165, 1.54) is 0 Å². The highest BCUT2D eigenvalue weighted by atomic mass is 16.5. The second kappa shape index (κ2) is 10.8. The van der Waals surface area contributed by atoms with Crippen LogP contribution in [0.25, 0.3) is 11.1 Å². The highest BCUT2D eigenvalue weighted by Gasteiger charge is 2.27. The summed E-state index contributed by atoms with van der Waals surface area (Å²) in [7, 11) is 0. The summed E-state index contributed by atoms with van der Waals surface area (Å²) in [5.41, 5.74) is 6.42. The van der Waals surface area contributed by atoms with Gasteiger partial charge in [0.25, 0.3) is 0 Å². The number of aliphatic hydroxyl groups is 1. The molecule has 3 atom stereocenters. The molecule has 37 heavy (non-hydrogen) atoms. The number of aryl methyl sites for hydroxylation is 2. The van der Waals surface area contributed by atoms with Gasteiger partial charge in [-0.2, -0.15) is 0 Å².